The Labute approximate surface area is 174 Å². The van der Waals surface area contributed by atoms with E-state index < -0.39 is 0 Å². The predicted octanol–water partition coefficient (Wildman–Crippen LogP) is 4.69. The van der Waals surface area contributed by atoms with Crippen molar-refractivity contribution >= 4 is 46.0 Å². The highest BCUT2D eigenvalue weighted by Gasteiger charge is 2.22. The third-order valence-corrected chi connectivity index (χ3v) is 6.18. The van der Waals surface area contributed by atoms with Gasteiger partial charge in [0.15, 0.2) is 11.5 Å². The van der Waals surface area contributed by atoms with Crippen LogP contribution in [0.3, 0.4) is 0 Å². The van der Waals surface area contributed by atoms with Crippen molar-refractivity contribution in [2.24, 2.45) is 4.99 Å². The molecule has 0 atom stereocenters. The highest BCUT2D eigenvalue weighted by Crippen LogP contribution is 2.39. The standard InChI is InChI=1S/C21H15ClN2O4S/c1-11-14(13-4-2-3-5-16(13)23-11)7-19-20(25)24(21(26)29-19)9-12-6-17-18(8-15(12)22)28-10-27-17/h2-8,25H,9-10H2,1H3/b14-7-. The number of nitrogens with zero attached hydrogens (tertiary/aromatic N) is 2. The molecule has 29 heavy (non-hydrogen) atoms. The molecule has 1 aromatic heterocycles. The molecule has 3 aromatic rings. The van der Waals surface area contributed by atoms with E-state index in [-0.39, 0.29) is 24.1 Å². The highest BCUT2D eigenvalue weighted by molar-refractivity contribution is 7.10. The number of allylic oxidation sites excluding steroid dienone is 1. The molecule has 0 spiro atoms. The van der Waals surface area contributed by atoms with Crippen molar-refractivity contribution in [1.29, 1.82) is 0 Å². The van der Waals surface area contributed by atoms with Gasteiger partial charge in [0.25, 0.3) is 0 Å². The van der Waals surface area contributed by atoms with Crippen LogP contribution in [0.25, 0.3) is 11.6 Å². The molecule has 0 fully saturated rings. The summed E-state index contributed by atoms with van der Waals surface area (Å²) in [6.07, 6.45) is 1.81. The first-order valence-corrected chi connectivity index (χ1v) is 10.1. The zero-order valence-corrected chi connectivity index (χ0v) is 16.9. The van der Waals surface area contributed by atoms with Crippen LogP contribution in [0.4, 0.5) is 5.69 Å². The van der Waals surface area contributed by atoms with Crippen molar-refractivity contribution in [3.8, 4) is 17.4 Å². The summed E-state index contributed by atoms with van der Waals surface area (Å²) in [5.74, 6) is 1.04. The minimum Gasteiger partial charge on any atom is -0.493 e. The summed E-state index contributed by atoms with van der Waals surface area (Å²) in [5.41, 5.74) is 4.27. The number of thiazole rings is 1. The maximum atomic E-state index is 12.6. The third kappa shape index (κ3) is 3.03. The summed E-state index contributed by atoms with van der Waals surface area (Å²) in [7, 11) is 0. The molecule has 6 nitrogen and oxygen atoms in total. The number of aromatic nitrogens is 1. The van der Waals surface area contributed by atoms with Gasteiger partial charge < -0.3 is 14.6 Å². The van der Waals surface area contributed by atoms with Gasteiger partial charge in [-0.1, -0.05) is 41.1 Å². The maximum Gasteiger partial charge on any atom is 0.310 e. The Kier molecular flexibility index (Phi) is 4.22. The van der Waals surface area contributed by atoms with Crippen LogP contribution in [0.2, 0.25) is 5.02 Å². The van der Waals surface area contributed by atoms with Gasteiger partial charge in [0.2, 0.25) is 12.7 Å². The van der Waals surface area contributed by atoms with Crippen LogP contribution in [0.5, 0.6) is 17.4 Å². The normalized spacial score (nSPS) is 15.7. The first-order chi connectivity index (χ1) is 14.0. The molecule has 0 bridgehead atoms. The van der Waals surface area contributed by atoms with E-state index in [1.165, 1.54) is 4.57 Å². The number of rotatable bonds is 3. The van der Waals surface area contributed by atoms with E-state index in [2.05, 4.69) is 4.99 Å². The first-order valence-electron chi connectivity index (χ1n) is 8.88. The Bertz CT molecular complexity index is 1270. The summed E-state index contributed by atoms with van der Waals surface area (Å²) in [5, 5.41) is 11.2. The van der Waals surface area contributed by atoms with Crippen LogP contribution in [0.1, 0.15) is 22.9 Å². The Morgan fingerprint density at radius 2 is 2.03 bits per heavy atom. The van der Waals surface area contributed by atoms with E-state index in [0.29, 0.717) is 27.0 Å². The molecule has 5 rings (SSSR count). The van der Waals surface area contributed by atoms with Gasteiger partial charge >= 0.3 is 4.87 Å². The lowest BCUT2D eigenvalue weighted by Gasteiger charge is -2.08. The lowest BCUT2D eigenvalue weighted by molar-refractivity contribution is 0.174. The molecular weight excluding hydrogens is 412 g/mol. The molecule has 2 aliphatic heterocycles. The monoisotopic (exact) mass is 426 g/mol. The fourth-order valence-electron chi connectivity index (χ4n) is 3.45. The minimum absolute atomic E-state index is 0.0987. The fourth-order valence-corrected chi connectivity index (χ4v) is 4.49. The van der Waals surface area contributed by atoms with Gasteiger partial charge in [0.1, 0.15) is 0 Å². The van der Waals surface area contributed by atoms with Crippen LogP contribution in [0, 0.1) is 0 Å². The van der Waals surface area contributed by atoms with Crippen LogP contribution in [-0.4, -0.2) is 22.2 Å². The molecule has 146 valence electrons. The number of aliphatic imine (C=N–C) groups is 1. The molecule has 3 heterocycles. The molecule has 2 aliphatic rings. The van der Waals surface area contributed by atoms with Crippen LogP contribution in [-0.2, 0) is 6.54 Å². The Morgan fingerprint density at radius 3 is 2.86 bits per heavy atom. The number of aromatic hydroxyl groups is 1. The predicted molar refractivity (Wildman–Crippen MR) is 114 cm³/mol. The molecule has 0 unspecified atom stereocenters. The summed E-state index contributed by atoms with van der Waals surface area (Å²) < 4.78 is 12.0. The van der Waals surface area contributed by atoms with E-state index in [1.54, 1.807) is 12.1 Å². The number of hydrogen-bond acceptors (Lipinski definition) is 6. The average Bonchev–Trinajstić information content (AvgIpc) is 3.35. The zero-order chi connectivity index (χ0) is 20.1. The fraction of sp³-hybridized carbons (Fsp3) is 0.143. The van der Waals surface area contributed by atoms with Gasteiger partial charge in [0.05, 0.1) is 17.1 Å². The average molecular weight is 427 g/mol. The van der Waals surface area contributed by atoms with Crippen molar-refractivity contribution in [3.05, 3.63) is 67.1 Å². The van der Waals surface area contributed by atoms with Gasteiger partial charge in [-0.05, 0) is 30.7 Å². The quantitative estimate of drug-likeness (QED) is 0.659. The van der Waals surface area contributed by atoms with Crippen molar-refractivity contribution in [1.82, 2.24) is 4.57 Å². The van der Waals surface area contributed by atoms with Crippen LogP contribution in [0.15, 0.2) is 46.2 Å². The first kappa shape index (κ1) is 18.0. The molecule has 0 radical (unpaired) electrons. The molecule has 8 heteroatoms. The van der Waals surface area contributed by atoms with E-state index >= 15 is 0 Å². The number of hydrogen-bond donors (Lipinski definition) is 1. The van der Waals surface area contributed by atoms with Crippen LogP contribution >= 0.6 is 22.9 Å². The lowest BCUT2D eigenvalue weighted by atomic mass is 10.0. The van der Waals surface area contributed by atoms with Gasteiger partial charge in [-0.25, -0.2) is 0 Å². The molecular formula is C21H15ClN2O4S. The molecule has 0 aliphatic carbocycles. The number of para-hydroxylation sites is 1. The second kappa shape index (κ2) is 6.79. The summed E-state index contributed by atoms with van der Waals surface area (Å²) in [4.78, 5) is 17.3. The Morgan fingerprint density at radius 1 is 1.28 bits per heavy atom. The third-order valence-electron chi connectivity index (χ3n) is 4.91. The molecule has 0 saturated carbocycles. The number of halogens is 1. The van der Waals surface area contributed by atoms with E-state index in [0.717, 1.165) is 33.9 Å². The van der Waals surface area contributed by atoms with Crippen molar-refractivity contribution < 1.29 is 14.6 Å². The summed E-state index contributed by atoms with van der Waals surface area (Å²) >= 11 is 7.31. The second-order valence-corrected chi connectivity index (χ2v) is 8.11. The number of benzene rings is 2. The van der Waals surface area contributed by atoms with Crippen LogP contribution < -0.4 is 14.3 Å². The lowest BCUT2D eigenvalue weighted by Crippen LogP contribution is -2.13. The molecule has 0 amide bonds. The SMILES string of the molecule is CC1=Nc2ccccc2/C1=C\c1sc(=O)n(Cc2cc3c(cc2Cl)OCO3)c1O. The molecule has 2 aromatic carbocycles. The van der Waals surface area contributed by atoms with Crippen molar-refractivity contribution in [3.63, 3.8) is 0 Å². The largest absolute Gasteiger partial charge is 0.493 e. The maximum absolute atomic E-state index is 12.6. The van der Waals surface area contributed by atoms with Gasteiger partial charge in [-0.3, -0.25) is 14.4 Å². The van der Waals surface area contributed by atoms with E-state index in [1.807, 2.05) is 37.3 Å². The van der Waals surface area contributed by atoms with E-state index in [9.17, 15) is 9.90 Å². The van der Waals surface area contributed by atoms with Gasteiger partial charge in [0, 0.05) is 27.9 Å². The highest BCUT2D eigenvalue weighted by atomic mass is 35.5. The van der Waals surface area contributed by atoms with Crippen molar-refractivity contribution in [2.45, 2.75) is 13.5 Å². The van der Waals surface area contributed by atoms with Crippen molar-refractivity contribution in [2.75, 3.05) is 6.79 Å². The minimum atomic E-state index is -0.274. The Balaban J connectivity index is 1.53. The Hall–Kier alpha value is -3.03. The van der Waals surface area contributed by atoms with E-state index in [4.69, 9.17) is 21.1 Å². The second-order valence-electron chi connectivity index (χ2n) is 6.71. The van der Waals surface area contributed by atoms with Gasteiger partial charge in [-0.2, -0.15) is 0 Å². The molecule has 1 N–H and O–H groups in total. The summed E-state index contributed by atoms with van der Waals surface area (Å²) in [6.45, 7) is 2.18. The zero-order valence-electron chi connectivity index (χ0n) is 15.3. The van der Waals surface area contributed by atoms with Gasteiger partial charge in [-0.15, -0.1) is 0 Å². The number of fused-ring (bicyclic) bond motifs is 2. The number of ether oxygens (including phenoxy) is 2. The summed E-state index contributed by atoms with van der Waals surface area (Å²) in [6, 6.07) is 11.2. The smallest absolute Gasteiger partial charge is 0.310 e. The topological polar surface area (TPSA) is 73.1 Å². The molecule has 0 saturated heterocycles.